The van der Waals surface area contributed by atoms with Crippen LogP contribution in [0.5, 0.6) is 0 Å². The van der Waals surface area contributed by atoms with Crippen LogP contribution in [0.25, 0.3) is 0 Å². The molecule has 4 heteroatoms. The maximum atomic E-state index is 9.60. The minimum absolute atomic E-state index is 0.218. The lowest BCUT2D eigenvalue weighted by molar-refractivity contribution is 0.0299. The van der Waals surface area contributed by atoms with Crippen LogP contribution in [0.4, 0.5) is 5.69 Å². The Bertz CT molecular complexity index is 436. The van der Waals surface area contributed by atoms with Crippen LogP contribution < -0.4 is 4.90 Å². The van der Waals surface area contributed by atoms with E-state index in [1.54, 1.807) is 6.92 Å². The first-order chi connectivity index (χ1) is 9.02. The molecule has 0 bridgehead atoms. The van der Waals surface area contributed by atoms with Crippen LogP contribution in [0.2, 0.25) is 5.02 Å². The van der Waals surface area contributed by atoms with Gasteiger partial charge in [-0.1, -0.05) is 24.6 Å². The summed E-state index contributed by atoms with van der Waals surface area (Å²) < 4.78 is 5.71. The monoisotopic (exact) mass is 283 g/mol. The molecule has 3 unspecified atom stereocenters. The van der Waals surface area contributed by atoms with Gasteiger partial charge in [0.05, 0.1) is 35.6 Å². The molecule has 0 spiro atoms. The van der Waals surface area contributed by atoms with E-state index in [-0.39, 0.29) is 6.10 Å². The molecule has 3 nitrogen and oxygen atoms in total. The van der Waals surface area contributed by atoms with Crippen LogP contribution in [0.15, 0.2) is 18.2 Å². The van der Waals surface area contributed by atoms with E-state index in [9.17, 15) is 5.11 Å². The van der Waals surface area contributed by atoms with Crippen molar-refractivity contribution in [2.75, 3.05) is 18.1 Å². The van der Waals surface area contributed by atoms with Gasteiger partial charge >= 0.3 is 0 Å². The number of aliphatic hydroxyl groups excluding tert-OH is 1. The number of benzene rings is 1. The highest BCUT2D eigenvalue weighted by atomic mass is 35.5. The number of ether oxygens (including phenoxy) is 1. The minimum atomic E-state index is -0.489. The van der Waals surface area contributed by atoms with E-state index in [2.05, 4.69) is 18.7 Å². The SMILES string of the molecule is CCC1COC(C)CN1c1ccc(C(C)O)cc1Cl. The molecule has 1 aliphatic heterocycles. The number of aliphatic hydroxyl groups is 1. The molecule has 1 heterocycles. The van der Waals surface area contributed by atoms with Crippen molar-refractivity contribution in [2.45, 2.75) is 45.4 Å². The summed E-state index contributed by atoms with van der Waals surface area (Å²) >= 11 is 6.38. The molecule has 0 radical (unpaired) electrons. The fourth-order valence-electron chi connectivity index (χ4n) is 2.49. The van der Waals surface area contributed by atoms with Gasteiger partial charge in [0.25, 0.3) is 0 Å². The lowest BCUT2D eigenvalue weighted by atomic mass is 10.1. The van der Waals surface area contributed by atoms with Crippen LogP contribution in [-0.2, 0) is 4.74 Å². The first-order valence-electron chi connectivity index (χ1n) is 6.88. The zero-order valence-electron chi connectivity index (χ0n) is 11.8. The largest absolute Gasteiger partial charge is 0.389 e. The zero-order chi connectivity index (χ0) is 14.0. The van der Waals surface area contributed by atoms with E-state index in [1.807, 2.05) is 18.2 Å². The van der Waals surface area contributed by atoms with E-state index in [0.29, 0.717) is 11.1 Å². The van der Waals surface area contributed by atoms with Gasteiger partial charge in [0.1, 0.15) is 0 Å². The molecule has 1 N–H and O–H groups in total. The van der Waals surface area contributed by atoms with E-state index in [0.717, 1.165) is 30.8 Å². The highest BCUT2D eigenvalue weighted by Crippen LogP contribution is 2.32. The maximum Gasteiger partial charge on any atom is 0.0762 e. The van der Waals surface area contributed by atoms with Gasteiger partial charge < -0.3 is 14.7 Å². The second-order valence-corrected chi connectivity index (χ2v) is 5.65. The van der Waals surface area contributed by atoms with Crippen LogP contribution in [0, 0.1) is 0 Å². The maximum absolute atomic E-state index is 9.60. The second-order valence-electron chi connectivity index (χ2n) is 5.25. The van der Waals surface area contributed by atoms with E-state index < -0.39 is 6.10 Å². The third-order valence-electron chi connectivity index (χ3n) is 3.70. The zero-order valence-corrected chi connectivity index (χ0v) is 12.5. The number of halogens is 1. The van der Waals surface area contributed by atoms with Gasteiger partial charge in [-0.3, -0.25) is 0 Å². The predicted molar refractivity (Wildman–Crippen MR) is 78.9 cm³/mol. The number of hydrogen-bond acceptors (Lipinski definition) is 3. The van der Waals surface area contributed by atoms with Crippen molar-refractivity contribution in [3.05, 3.63) is 28.8 Å². The Morgan fingerprint density at radius 3 is 2.84 bits per heavy atom. The van der Waals surface area contributed by atoms with Gasteiger partial charge in [-0.05, 0) is 38.0 Å². The second kappa shape index (κ2) is 6.12. The molecule has 1 saturated heterocycles. The average Bonchev–Trinajstić information content (AvgIpc) is 2.38. The van der Waals surface area contributed by atoms with E-state index >= 15 is 0 Å². The van der Waals surface area contributed by atoms with Gasteiger partial charge in [0.15, 0.2) is 0 Å². The normalized spacial score (nSPS) is 25.4. The van der Waals surface area contributed by atoms with Crippen LogP contribution in [0.3, 0.4) is 0 Å². The first-order valence-corrected chi connectivity index (χ1v) is 7.26. The fraction of sp³-hybridized carbons (Fsp3) is 0.600. The molecule has 1 aromatic carbocycles. The quantitative estimate of drug-likeness (QED) is 0.923. The topological polar surface area (TPSA) is 32.7 Å². The summed E-state index contributed by atoms with van der Waals surface area (Å²) in [6, 6.07) is 6.17. The molecule has 0 amide bonds. The molecule has 1 fully saturated rings. The summed E-state index contributed by atoms with van der Waals surface area (Å²) in [7, 11) is 0. The molecule has 19 heavy (non-hydrogen) atoms. The molecule has 0 aliphatic carbocycles. The highest BCUT2D eigenvalue weighted by Gasteiger charge is 2.27. The number of hydrogen-bond donors (Lipinski definition) is 1. The molecular weight excluding hydrogens is 262 g/mol. The van der Waals surface area contributed by atoms with Crippen molar-refractivity contribution in [3.8, 4) is 0 Å². The molecule has 1 aromatic rings. The third kappa shape index (κ3) is 3.22. The number of morpholine rings is 1. The number of anilines is 1. The highest BCUT2D eigenvalue weighted by molar-refractivity contribution is 6.33. The van der Waals surface area contributed by atoms with Gasteiger partial charge in [-0.15, -0.1) is 0 Å². The molecule has 0 saturated carbocycles. The number of nitrogens with zero attached hydrogens (tertiary/aromatic N) is 1. The predicted octanol–water partition coefficient (Wildman–Crippen LogP) is 3.40. The van der Waals surface area contributed by atoms with Crippen molar-refractivity contribution < 1.29 is 9.84 Å². The average molecular weight is 284 g/mol. The molecule has 2 rings (SSSR count). The Kier molecular flexibility index (Phi) is 4.71. The molecule has 0 aromatic heterocycles. The lowest BCUT2D eigenvalue weighted by Gasteiger charge is -2.40. The molecular formula is C15H22ClNO2. The van der Waals surface area contributed by atoms with Gasteiger partial charge in [0, 0.05) is 6.54 Å². The van der Waals surface area contributed by atoms with Gasteiger partial charge in [-0.2, -0.15) is 0 Å². The van der Waals surface area contributed by atoms with Crippen molar-refractivity contribution in [1.29, 1.82) is 0 Å². The summed E-state index contributed by atoms with van der Waals surface area (Å²) in [6.45, 7) is 7.58. The minimum Gasteiger partial charge on any atom is -0.389 e. The van der Waals surface area contributed by atoms with Crippen molar-refractivity contribution >= 4 is 17.3 Å². The Labute approximate surface area is 120 Å². The lowest BCUT2D eigenvalue weighted by Crippen LogP contribution is -2.48. The molecule has 106 valence electrons. The van der Waals surface area contributed by atoms with Crippen LogP contribution in [-0.4, -0.2) is 30.4 Å². The standard InChI is InChI=1S/C15H22ClNO2/c1-4-13-9-19-10(2)8-17(13)15-6-5-12(11(3)18)7-14(15)16/h5-7,10-11,13,18H,4,8-9H2,1-3H3. The van der Waals surface area contributed by atoms with E-state index in [1.165, 1.54) is 0 Å². The van der Waals surface area contributed by atoms with Crippen molar-refractivity contribution in [3.63, 3.8) is 0 Å². The molecule has 1 aliphatic rings. The summed E-state index contributed by atoms with van der Waals surface area (Å²) in [4.78, 5) is 2.32. The van der Waals surface area contributed by atoms with Gasteiger partial charge in [0.2, 0.25) is 0 Å². The van der Waals surface area contributed by atoms with Crippen molar-refractivity contribution in [2.24, 2.45) is 0 Å². The fourth-order valence-corrected chi connectivity index (χ4v) is 2.79. The summed E-state index contributed by atoms with van der Waals surface area (Å²) in [5.74, 6) is 0. The Morgan fingerprint density at radius 2 is 2.26 bits per heavy atom. The van der Waals surface area contributed by atoms with Crippen LogP contribution >= 0.6 is 11.6 Å². The smallest absolute Gasteiger partial charge is 0.0762 e. The van der Waals surface area contributed by atoms with E-state index in [4.69, 9.17) is 16.3 Å². The van der Waals surface area contributed by atoms with Gasteiger partial charge in [-0.25, -0.2) is 0 Å². The Hall–Kier alpha value is -0.770. The van der Waals surface area contributed by atoms with Crippen LogP contribution in [0.1, 0.15) is 38.9 Å². The summed E-state index contributed by atoms with van der Waals surface area (Å²) in [6.07, 6.45) is 0.758. The third-order valence-corrected chi connectivity index (χ3v) is 4.01. The summed E-state index contributed by atoms with van der Waals surface area (Å²) in [5, 5.41) is 10.3. The Morgan fingerprint density at radius 1 is 1.53 bits per heavy atom. The molecule has 3 atom stereocenters. The Balaban J connectivity index is 2.28. The summed E-state index contributed by atoms with van der Waals surface area (Å²) in [5.41, 5.74) is 1.89. The first kappa shape index (κ1) is 14.6. The number of rotatable bonds is 3. The van der Waals surface area contributed by atoms with Crippen molar-refractivity contribution in [1.82, 2.24) is 0 Å².